The Balaban J connectivity index is 5.15. The van der Waals surface area contributed by atoms with Gasteiger partial charge >= 0.3 is 39.5 Å². The number of unbranched alkanes of at least 4 members (excludes halogenated alkanes) is 43. The van der Waals surface area contributed by atoms with Crippen molar-refractivity contribution in [2.24, 2.45) is 11.8 Å². The first-order chi connectivity index (χ1) is 45.4. The van der Waals surface area contributed by atoms with E-state index >= 15 is 0 Å². The summed E-state index contributed by atoms with van der Waals surface area (Å²) in [7, 11) is -9.90. The molecule has 0 amide bonds. The van der Waals surface area contributed by atoms with Gasteiger partial charge in [0, 0.05) is 25.7 Å². The lowest BCUT2D eigenvalue weighted by Crippen LogP contribution is -2.30. The lowest BCUT2D eigenvalue weighted by molar-refractivity contribution is -0.161. The van der Waals surface area contributed by atoms with E-state index in [1.165, 1.54) is 193 Å². The topological polar surface area (TPSA) is 237 Å². The van der Waals surface area contributed by atoms with Gasteiger partial charge in [-0.15, -0.1) is 0 Å². The van der Waals surface area contributed by atoms with Gasteiger partial charge in [0.1, 0.15) is 19.3 Å². The van der Waals surface area contributed by atoms with Gasteiger partial charge in [0.2, 0.25) is 0 Å². The van der Waals surface area contributed by atoms with Crippen LogP contribution in [0.15, 0.2) is 0 Å². The Morgan fingerprint density at radius 3 is 0.809 bits per heavy atom. The smallest absolute Gasteiger partial charge is 0.462 e. The lowest BCUT2D eigenvalue weighted by Gasteiger charge is -2.21. The maximum Gasteiger partial charge on any atom is 0.472 e. The van der Waals surface area contributed by atoms with Gasteiger partial charge in [-0.05, 0) is 37.5 Å². The minimum Gasteiger partial charge on any atom is -0.462 e. The highest BCUT2D eigenvalue weighted by Gasteiger charge is 2.30. The second-order valence-electron chi connectivity index (χ2n) is 27.8. The van der Waals surface area contributed by atoms with Crippen LogP contribution in [-0.4, -0.2) is 96.7 Å². The first-order valence-electron chi connectivity index (χ1n) is 39.0. The average Bonchev–Trinajstić information content (AvgIpc) is 1.71. The van der Waals surface area contributed by atoms with Crippen LogP contribution in [0.2, 0.25) is 0 Å². The molecule has 6 atom stereocenters. The number of phosphoric ester groups is 2. The first kappa shape index (κ1) is 92.1. The molecule has 0 aromatic carbocycles. The van der Waals surface area contributed by atoms with E-state index in [0.29, 0.717) is 25.7 Å². The predicted octanol–water partition coefficient (Wildman–Crippen LogP) is 21.9. The van der Waals surface area contributed by atoms with Crippen LogP contribution >= 0.6 is 15.6 Å². The van der Waals surface area contributed by atoms with Crippen LogP contribution in [-0.2, 0) is 65.4 Å². The Morgan fingerprint density at radius 1 is 0.309 bits per heavy atom. The van der Waals surface area contributed by atoms with Crippen LogP contribution in [0.4, 0.5) is 0 Å². The van der Waals surface area contributed by atoms with Crippen LogP contribution in [0, 0.1) is 11.8 Å². The Hall–Kier alpha value is -1.94. The number of aliphatic hydroxyl groups excluding tert-OH is 1. The van der Waals surface area contributed by atoms with E-state index in [4.69, 9.17) is 37.0 Å². The molecule has 0 spiro atoms. The fourth-order valence-electron chi connectivity index (χ4n) is 11.4. The highest BCUT2D eigenvalue weighted by Crippen LogP contribution is 2.45. The van der Waals surface area contributed by atoms with Crippen molar-refractivity contribution in [3.8, 4) is 0 Å². The molecule has 0 heterocycles. The lowest BCUT2D eigenvalue weighted by atomic mass is 9.99. The molecule has 3 N–H and O–H groups in total. The van der Waals surface area contributed by atoms with Gasteiger partial charge in [-0.2, -0.15) is 0 Å². The monoisotopic (exact) mass is 1380 g/mol. The molecule has 0 aromatic heterocycles. The molecule has 94 heavy (non-hydrogen) atoms. The van der Waals surface area contributed by atoms with Crippen LogP contribution in [0.25, 0.3) is 0 Å². The molecule has 0 aromatic rings. The third-order valence-electron chi connectivity index (χ3n) is 17.8. The van der Waals surface area contributed by atoms with Crippen LogP contribution < -0.4 is 0 Å². The van der Waals surface area contributed by atoms with Crippen molar-refractivity contribution >= 4 is 39.5 Å². The standard InChI is InChI=1S/C75H146O17P2/c1-7-10-12-14-16-17-27-35-41-47-53-59-74(79)91-70(63-85-72(77)57-51-45-37-15-13-11-8-2)65-89-93(81,82)87-61-69(76)62-88-94(83,84)90-66-71(64-86-73(78)58-52-46-40-34-31-26-28-32-38-43-49-55-67(4)5)92-75(80)60-54-48-42-36-30-25-23-21-19-18-20-22-24-29-33-39-44-50-56-68(6)9-3/h67-71,76H,7-66H2,1-6H3,(H,81,82)(H,83,84)/t68?,69-,70+,71+/m0/s1. The van der Waals surface area contributed by atoms with Gasteiger partial charge in [0.25, 0.3) is 0 Å². The fourth-order valence-corrected chi connectivity index (χ4v) is 13.0. The van der Waals surface area contributed by atoms with Crippen LogP contribution in [0.3, 0.4) is 0 Å². The molecule has 0 aliphatic carbocycles. The van der Waals surface area contributed by atoms with E-state index in [2.05, 4.69) is 41.5 Å². The SMILES string of the molecule is CCCCCCCCCCCCCC(=O)O[C@H](COC(=O)CCCCCCCCC)COP(=O)(O)OC[C@H](O)COP(=O)(O)OC[C@@H](COC(=O)CCCCCCCCCCCCCC(C)C)OC(=O)CCCCCCCCCCCCCCCCCCCCC(C)CC. The van der Waals surface area contributed by atoms with Gasteiger partial charge in [0.15, 0.2) is 12.2 Å². The summed E-state index contributed by atoms with van der Waals surface area (Å²) in [5.41, 5.74) is 0. The van der Waals surface area contributed by atoms with Crippen molar-refractivity contribution in [2.45, 2.75) is 407 Å². The second-order valence-corrected chi connectivity index (χ2v) is 30.7. The number of rotatable bonds is 74. The van der Waals surface area contributed by atoms with Gasteiger partial charge in [-0.1, -0.05) is 337 Å². The average molecular weight is 1380 g/mol. The summed E-state index contributed by atoms with van der Waals surface area (Å²) < 4.78 is 68.3. The molecule has 558 valence electrons. The molecule has 0 aliphatic heterocycles. The first-order valence-corrected chi connectivity index (χ1v) is 42.0. The van der Waals surface area contributed by atoms with Crippen molar-refractivity contribution in [2.75, 3.05) is 39.6 Å². The molecular formula is C75H146O17P2. The van der Waals surface area contributed by atoms with Crippen molar-refractivity contribution in [3.63, 3.8) is 0 Å². The molecule has 17 nitrogen and oxygen atoms in total. The highest BCUT2D eigenvalue weighted by atomic mass is 31.2. The van der Waals surface area contributed by atoms with Crippen molar-refractivity contribution in [1.82, 2.24) is 0 Å². The second kappa shape index (κ2) is 66.9. The van der Waals surface area contributed by atoms with Crippen LogP contribution in [0.5, 0.6) is 0 Å². The van der Waals surface area contributed by atoms with Gasteiger partial charge < -0.3 is 33.8 Å². The quantitative estimate of drug-likeness (QED) is 0.0222. The zero-order valence-electron chi connectivity index (χ0n) is 61.3. The number of hydrogen-bond donors (Lipinski definition) is 3. The molecule has 0 bridgehead atoms. The zero-order valence-corrected chi connectivity index (χ0v) is 63.1. The summed E-state index contributed by atoms with van der Waals surface area (Å²) in [5, 5.41) is 10.6. The molecule has 19 heteroatoms. The molecule has 0 aliphatic rings. The van der Waals surface area contributed by atoms with Crippen molar-refractivity contribution < 1.29 is 80.2 Å². The number of phosphoric acid groups is 2. The summed E-state index contributed by atoms with van der Waals surface area (Å²) in [5.74, 6) is -0.480. The van der Waals surface area contributed by atoms with Gasteiger partial charge in [-0.3, -0.25) is 37.3 Å². The summed E-state index contributed by atoms with van der Waals surface area (Å²) in [6, 6.07) is 0. The number of hydrogen-bond acceptors (Lipinski definition) is 15. The minimum atomic E-state index is -4.96. The Kier molecular flexibility index (Phi) is 65.5. The number of esters is 4. The van der Waals surface area contributed by atoms with E-state index in [9.17, 15) is 43.2 Å². The molecule has 0 radical (unpaired) electrons. The van der Waals surface area contributed by atoms with E-state index < -0.39 is 97.5 Å². The summed E-state index contributed by atoms with van der Waals surface area (Å²) in [6.45, 7) is 9.61. The Morgan fingerprint density at radius 2 is 0.543 bits per heavy atom. The number of carbonyl (C=O) groups excluding carboxylic acids is 4. The van der Waals surface area contributed by atoms with Crippen LogP contribution in [0.1, 0.15) is 388 Å². The normalized spacial score (nSPS) is 14.3. The third kappa shape index (κ3) is 67.3. The van der Waals surface area contributed by atoms with Crippen molar-refractivity contribution in [1.29, 1.82) is 0 Å². The number of carbonyl (C=O) groups is 4. The molecule has 0 fully saturated rings. The van der Waals surface area contributed by atoms with Gasteiger partial charge in [-0.25, -0.2) is 9.13 Å². The highest BCUT2D eigenvalue weighted by molar-refractivity contribution is 7.47. The summed E-state index contributed by atoms with van der Waals surface area (Å²) >= 11 is 0. The molecule has 3 unspecified atom stereocenters. The minimum absolute atomic E-state index is 0.107. The molecule has 0 rings (SSSR count). The fraction of sp³-hybridized carbons (Fsp3) is 0.947. The largest absolute Gasteiger partial charge is 0.472 e. The maximum atomic E-state index is 13.1. The Bertz CT molecular complexity index is 1820. The molecular weight excluding hydrogens is 1230 g/mol. The zero-order chi connectivity index (χ0) is 69.3. The Labute approximate surface area is 575 Å². The van der Waals surface area contributed by atoms with E-state index in [-0.39, 0.29) is 25.7 Å². The van der Waals surface area contributed by atoms with E-state index in [1.807, 2.05) is 0 Å². The third-order valence-corrected chi connectivity index (χ3v) is 19.7. The van der Waals surface area contributed by atoms with Gasteiger partial charge in [0.05, 0.1) is 26.4 Å². The summed E-state index contributed by atoms with van der Waals surface area (Å²) in [6.07, 6.45) is 54.2. The van der Waals surface area contributed by atoms with E-state index in [1.54, 1.807) is 0 Å². The van der Waals surface area contributed by atoms with Crippen molar-refractivity contribution in [3.05, 3.63) is 0 Å². The summed E-state index contributed by atoms with van der Waals surface area (Å²) in [4.78, 5) is 72.6. The molecule has 0 saturated heterocycles. The number of aliphatic hydroxyl groups is 1. The maximum absolute atomic E-state index is 13.1. The van der Waals surface area contributed by atoms with E-state index in [0.717, 1.165) is 115 Å². The number of ether oxygens (including phenoxy) is 4. The molecule has 0 saturated carbocycles. The predicted molar refractivity (Wildman–Crippen MR) is 381 cm³/mol.